The quantitative estimate of drug-likeness (QED) is 0.943. The Morgan fingerprint density at radius 1 is 1.26 bits per heavy atom. The van der Waals surface area contributed by atoms with Gasteiger partial charge in [-0.3, -0.25) is 0 Å². The number of piperidine rings is 1. The number of aromatic nitrogens is 2. The monoisotopic (exact) mass is 316 g/mol. The molecule has 0 saturated carbocycles. The van der Waals surface area contributed by atoms with Crippen LogP contribution >= 0.6 is 0 Å². The van der Waals surface area contributed by atoms with Crippen LogP contribution in [0.15, 0.2) is 43.0 Å². The van der Waals surface area contributed by atoms with E-state index in [0.717, 1.165) is 38.0 Å². The van der Waals surface area contributed by atoms with Gasteiger partial charge in [0.2, 0.25) is 0 Å². The van der Waals surface area contributed by atoms with Gasteiger partial charge in [0.15, 0.2) is 0 Å². The molecule has 23 heavy (non-hydrogen) atoms. The van der Waals surface area contributed by atoms with Gasteiger partial charge in [0.05, 0.1) is 6.33 Å². The van der Waals surface area contributed by atoms with Gasteiger partial charge in [-0.25, -0.2) is 14.2 Å². The fourth-order valence-corrected chi connectivity index (χ4v) is 2.90. The van der Waals surface area contributed by atoms with E-state index in [0.29, 0.717) is 12.5 Å². The molecule has 2 amide bonds. The summed E-state index contributed by atoms with van der Waals surface area (Å²) in [5, 5.41) is 2.90. The highest BCUT2D eigenvalue weighted by Crippen LogP contribution is 2.19. The van der Waals surface area contributed by atoms with Gasteiger partial charge < -0.3 is 14.8 Å². The van der Waals surface area contributed by atoms with E-state index in [1.807, 2.05) is 17.4 Å². The molecule has 122 valence electrons. The van der Waals surface area contributed by atoms with Crippen LogP contribution in [0.25, 0.3) is 0 Å². The number of likely N-dealkylation sites (tertiary alicyclic amines) is 1. The van der Waals surface area contributed by atoms with Crippen molar-refractivity contribution in [3.63, 3.8) is 0 Å². The Morgan fingerprint density at radius 3 is 2.65 bits per heavy atom. The molecule has 2 heterocycles. The Morgan fingerprint density at radius 2 is 2.00 bits per heavy atom. The molecule has 0 bridgehead atoms. The molecule has 0 radical (unpaired) electrons. The van der Waals surface area contributed by atoms with Crippen molar-refractivity contribution in [2.75, 3.05) is 13.1 Å². The second-order valence-corrected chi connectivity index (χ2v) is 5.98. The normalized spacial score (nSPS) is 15.6. The van der Waals surface area contributed by atoms with Crippen LogP contribution in [0.2, 0.25) is 0 Å². The van der Waals surface area contributed by atoms with Crippen molar-refractivity contribution < 1.29 is 9.18 Å². The third kappa shape index (κ3) is 4.31. The summed E-state index contributed by atoms with van der Waals surface area (Å²) in [6.45, 7) is 2.93. The number of hydrogen-bond donors (Lipinski definition) is 1. The molecule has 0 unspecified atom stereocenters. The number of urea groups is 1. The van der Waals surface area contributed by atoms with E-state index < -0.39 is 0 Å². The number of rotatable bonds is 4. The third-order valence-electron chi connectivity index (χ3n) is 4.29. The van der Waals surface area contributed by atoms with Crippen molar-refractivity contribution in [1.82, 2.24) is 19.8 Å². The molecule has 1 aliphatic heterocycles. The molecule has 1 fully saturated rings. The minimum atomic E-state index is -0.264. The maximum Gasteiger partial charge on any atom is 0.317 e. The van der Waals surface area contributed by atoms with Crippen LogP contribution < -0.4 is 5.32 Å². The molecule has 5 nitrogen and oxygen atoms in total. The fourth-order valence-electron chi connectivity index (χ4n) is 2.90. The average molecular weight is 316 g/mol. The van der Waals surface area contributed by atoms with Gasteiger partial charge in [0, 0.05) is 38.6 Å². The van der Waals surface area contributed by atoms with Crippen molar-refractivity contribution in [3.05, 3.63) is 54.4 Å². The summed E-state index contributed by atoms with van der Waals surface area (Å²) < 4.78 is 14.9. The van der Waals surface area contributed by atoms with Crippen molar-refractivity contribution in [2.24, 2.45) is 5.92 Å². The highest BCUT2D eigenvalue weighted by molar-refractivity contribution is 5.74. The van der Waals surface area contributed by atoms with Gasteiger partial charge in [0.1, 0.15) is 5.82 Å². The number of nitrogens with zero attached hydrogens (tertiary/aromatic N) is 3. The Hall–Kier alpha value is -2.37. The lowest BCUT2D eigenvalue weighted by Crippen LogP contribution is -2.44. The largest absolute Gasteiger partial charge is 0.337 e. The number of carbonyl (C=O) groups excluding carboxylic acids is 1. The Labute approximate surface area is 135 Å². The third-order valence-corrected chi connectivity index (χ3v) is 4.29. The summed E-state index contributed by atoms with van der Waals surface area (Å²) in [6, 6.07) is 6.14. The second-order valence-electron chi connectivity index (χ2n) is 5.98. The van der Waals surface area contributed by atoms with E-state index in [-0.39, 0.29) is 11.8 Å². The highest BCUT2D eigenvalue weighted by atomic mass is 19.1. The van der Waals surface area contributed by atoms with E-state index in [9.17, 15) is 9.18 Å². The minimum absolute atomic E-state index is 0.0459. The standard InChI is InChI=1S/C17H21FN4O/c18-16-3-1-14(2-4-16)11-20-17(23)22-8-5-15(6-9-22)12-21-10-7-19-13-21/h1-4,7,10,13,15H,5-6,8-9,11-12H2,(H,20,23). The maximum atomic E-state index is 12.8. The van der Waals surface area contributed by atoms with Gasteiger partial charge in [-0.05, 0) is 36.5 Å². The smallest absolute Gasteiger partial charge is 0.317 e. The summed E-state index contributed by atoms with van der Waals surface area (Å²) >= 11 is 0. The van der Waals surface area contributed by atoms with Gasteiger partial charge in [-0.1, -0.05) is 12.1 Å². The van der Waals surface area contributed by atoms with Crippen LogP contribution in [0.5, 0.6) is 0 Å². The van der Waals surface area contributed by atoms with Gasteiger partial charge in [-0.2, -0.15) is 0 Å². The summed E-state index contributed by atoms with van der Waals surface area (Å²) in [6.07, 6.45) is 7.60. The second kappa shape index (κ2) is 7.26. The molecule has 0 spiro atoms. The summed E-state index contributed by atoms with van der Waals surface area (Å²) in [7, 11) is 0. The molecule has 1 saturated heterocycles. The Balaban J connectivity index is 1.42. The number of hydrogen-bond acceptors (Lipinski definition) is 2. The van der Waals surface area contributed by atoms with Crippen LogP contribution in [0.1, 0.15) is 18.4 Å². The van der Waals surface area contributed by atoms with Crippen molar-refractivity contribution in [1.29, 1.82) is 0 Å². The molecular weight excluding hydrogens is 295 g/mol. The highest BCUT2D eigenvalue weighted by Gasteiger charge is 2.22. The summed E-state index contributed by atoms with van der Waals surface area (Å²) in [5.74, 6) is 0.324. The molecule has 1 aromatic heterocycles. The van der Waals surface area contributed by atoms with E-state index in [2.05, 4.69) is 14.9 Å². The zero-order valence-electron chi connectivity index (χ0n) is 13.0. The Kier molecular flexibility index (Phi) is 4.90. The Bertz CT molecular complexity index is 619. The van der Waals surface area contributed by atoms with E-state index in [4.69, 9.17) is 0 Å². The van der Waals surface area contributed by atoms with Crippen molar-refractivity contribution in [2.45, 2.75) is 25.9 Å². The first-order valence-electron chi connectivity index (χ1n) is 7.93. The number of amides is 2. The number of nitrogens with one attached hydrogen (secondary N) is 1. The van der Waals surface area contributed by atoms with Gasteiger partial charge in [0.25, 0.3) is 0 Å². The van der Waals surface area contributed by atoms with Crippen LogP contribution in [-0.2, 0) is 13.1 Å². The first kappa shape index (κ1) is 15.5. The molecule has 1 N–H and O–H groups in total. The predicted octanol–water partition coefficient (Wildman–Crippen LogP) is 2.64. The molecule has 1 aromatic carbocycles. The lowest BCUT2D eigenvalue weighted by molar-refractivity contribution is 0.165. The van der Waals surface area contributed by atoms with E-state index in [1.165, 1.54) is 12.1 Å². The first-order chi connectivity index (χ1) is 11.2. The van der Waals surface area contributed by atoms with E-state index >= 15 is 0 Å². The summed E-state index contributed by atoms with van der Waals surface area (Å²) in [5.41, 5.74) is 0.898. The SMILES string of the molecule is O=C(NCc1ccc(F)cc1)N1CCC(Cn2ccnc2)CC1. The van der Waals surface area contributed by atoms with Crippen LogP contribution in [-0.4, -0.2) is 33.6 Å². The molecule has 6 heteroatoms. The van der Waals surface area contributed by atoms with Crippen LogP contribution in [0, 0.1) is 11.7 Å². The van der Waals surface area contributed by atoms with Crippen LogP contribution in [0.4, 0.5) is 9.18 Å². The topological polar surface area (TPSA) is 50.2 Å². The average Bonchev–Trinajstić information content (AvgIpc) is 3.08. The first-order valence-corrected chi connectivity index (χ1v) is 7.93. The van der Waals surface area contributed by atoms with Gasteiger partial charge in [-0.15, -0.1) is 0 Å². The number of imidazole rings is 1. The maximum absolute atomic E-state index is 12.8. The molecule has 0 atom stereocenters. The zero-order chi connectivity index (χ0) is 16.1. The lowest BCUT2D eigenvalue weighted by Gasteiger charge is -2.32. The molecule has 2 aromatic rings. The van der Waals surface area contributed by atoms with Gasteiger partial charge >= 0.3 is 6.03 Å². The lowest BCUT2D eigenvalue weighted by atomic mass is 9.97. The number of carbonyl (C=O) groups is 1. The summed E-state index contributed by atoms with van der Waals surface area (Å²) in [4.78, 5) is 18.1. The fraction of sp³-hybridized carbons (Fsp3) is 0.412. The van der Waals surface area contributed by atoms with Crippen LogP contribution in [0.3, 0.4) is 0 Å². The van der Waals surface area contributed by atoms with E-state index in [1.54, 1.807) is 18.3 Å². The predicted molar refractivity (Wildman–Crippen MR) is 85.2 cm³/mol. The number of halogens is 1. The minimum Gasteiger partial charge on any atom is -0.337 e. The zero-order valence-corrected chi connectivity index (χ0v) is 13.0. The molecule has 3 rings (SSSR count). The van der Waals surface area contributed by atoms with Crippen molar-refractivity contribution >= 4 is 6.03 Å². The molecule has 1 aliphatic rings. The number of benzene rings is 1. The molecule has 0 aliphatic carbocycles. The molecular formula is C17H21FN4O. The van der Waals surface area contributed by atoms with Crippen molar-refractivity contribution in [3.8, 4) is 0 Å².